The number of rotatable bonds is 12. The molecular formula is C36H43N5O5. The maximum Gasteiger partial charge on any atom is 0.405 e. The molecule has 5 rings (SSSR count). The molecule has 1 saturated heterocycles. The van der Waals surface area contributed by atoms with Crippen LogP contribution in [-0.4, -0.2) is 77.0 Å². The largest absolute Gasteiger partial charge is 0.465 e. The Morgan fingerprint density at radius 3 is 2.00 bits per heavy atom. The van der Waals surface area contributed by atoms with Crippen molar-refractivity contribution in [2.75, 3.05) is 26.2 Å². The zero-order chi connectivity index (χ0) is 32.5. The highest BCUT2D eigenvalue weighted by Gasteiger charge is 2.34. The molecule has 1 heterocycles. The number of carboxylic acid groups (broad SMARTS) is 1. The maximum atomic E-state index is 13.6. The molecule has 3 aromatic carbocycles. The normalized spacial score (nSPS) is 16.2. The zero-order valence-corrected chi connectivity index (χ0v) is 26.3. The first-order valence-electron chi connectivity index (χ1n) is 16.0. The lowest BCUT2D eigenvalue weighted by molar-refractivity contribution is -0.138. The highest BCUT2D eigenvalue weighted by molar-refractivity contribution is 5.88. The van der Waals surface area contributed by atoms with Gasteiger partial charge >= 0.3 is 6.09 Å². The Labute approximate surface area is 270 Å². The number of hydrogen-bond donors (Lipinski definition) is 4. The van der Waals surface area contributed by atoms with Crippen LogP contribution in [0.25, 0.3) is 0 Å². The lowest BCUT2D eigenvalue weighted by Crippen LogP contribution is -2.55. The first-order valence-corrected chi connectivity index (χ1v) is 16.0. The third kappa shape index (κ3) is 8.72. The topological polar surface area (TPSA) is 131 Å². The van der Waals surface area contributed by atoms with Crippen molar-refractivity contribution in [3.63, 3.8) is 0 Å². The SMILES string of the molecule is CCC(=O)NC(Cc1ccc(CNC(=O)C(NC(=O)O)C2Cc3ccccc3C2)cc1)C(=O)N1CCN(Cc2ccccc2)CC1. The first kappa shape index (κ1) is 32.7. The Balaban J connectivity index is 1.15. The van der Waals surface area contributed by atoms with Crippen molar-refractivity contribution in [1.82, 2.24) is 25.8 Å². The summed E-state index contributed by atoms with van der Waals surface area (Å²) in [7, 11) is 0. The summed E-state index contributed by atoms with van der Waals surface area (Å²) in [6.07, 6.45) is 0.697. The number of nitrogens with zero attached hydrogens (tertiary/aromatic N) is 2. The van der Waals surface area contributed by atoms with E-state index in [9.17, 15) is 24.3 Å². The van der Waals surface area contributed by atoms with Gasteiger partial charge < -0.3 is 26.0 Å². The van der Waals surface area contributed by atoms with Crippen molar-refractivity contribution in [3.8, 4) is 0 Å². The van der Waals surface area contributed by atoms with Crippen LogP contribution < -0.4 is 16.0 Å². The standard InChI is InChI=1S/C36H43N5O5/c1-2-32(42)38-31(35(44)41-18-16-40(17-19-41)24-27-8-4-3-5-9-27)20-25-12-14-26(15-13-25)23-37-34(43)33(39-36(45)46)30-21-28-10-6-7-11-29(28)22-30/h3-15,30-31,33,39H,2,16-24H2,1H3,(H,37,43)(H,38,42)(H,45,46). The van der Waals surface area contributed by atoms with E-state index < -0.39 is 18.2 Å². The Morgan fingerprint density at radius 2 is 1.39 bits per heavy atom. The van der Waals surface area contributed by atoms with Gasteiger partial charge in [-0.1, -0.05) is 85.8 Å². The van der Waals surface area contributed by atoms with E-state index in [2.05, 4.69) is 33.0 Å². The van der Waals surface area contributed by atoms with Crippen LogP contribution in [0.3, 0.4) is 0 Å². The second-order valence-corrected chi connectivity index (χ2v) is 12.2. The average molecular weight is 626 g/mol. The summed E-state index contributed by atoms with van der Waals surface area (Å²) in [5, 5.41) is 17.7. The van der Waals surface area contributed by atoms with Gasteiger partial charge in [0, 0.05) is 52.1 Å². The van der Waals surface area contributed by atoms with Gasteiger partial charge in [-0.15, -0.1) is 0 Å². The van der Waals surface area contributed by atoms with Gasteiger partial charge in [0.15, 0.2) is 0 Å². The number of benzene rings is 3. The molecule has 2 aliphatic rings. The lowest BCUT2D eigenvalue weighted by Gasteiger charge is -2.36. The van der Waals surface area contributed by atoms with Gasteiger partial charge in [-0.25, -0.2) is 4.79 Å². The summed E-state index contributed by atoms with van der Waals surface area (Å²) in [5.41, 5.74) is 5.27. The third-order valence-electron chi connectivity index (χ3n) is 8.93. The van der Waals surface area contributed by atoms with Gasteiger partial charge in [0.05, 0.1) is 0 Å². The Kier molecular flexibility index (Phi) is 11.0. The summed E-state index contributed by atoms with van der Waals surface area (Å²) in [6, 6.07) is 24.3. The average Bonchev–Trinajstić information content (AvgIpc) is 3.51. The van der Waals surface area contributed by atoms with Gasteiger partial charge in [-0.2, -0.15) is 0 Å². The molecule has 10 nitrogen and oxygen atoms in total. The molecule has 0 aromatic heterocycles. The van der Waals surface area contributed by atoms with Gasteiger partial charge in [0.25, 0.3) is 0 Å². The van der Waals surface area contributed by atoms with Crippen LogP contribution in [0, 0.1) is 5.92 Å². The van der Waals surface area contributed by atoms with Crippen LogP contribution in [0.2, 0.25) is 0 Å². The van der Waals surface area contributed by atoms with E-state index in [0.717, 1.165) is 41.9 Å². The molecule has 0 bridgehead atoms. The fourth-order valence-corrected chi connectivity index (χ4v) is 6.37. The van der Waals surface area contributed by atoms with Crippen LogP contribution in [0.5, 0.6) is 0 Å². The van der Waals surface area contributed by atoms with Crippen LogP contribution in [-0.2, 0) is 46.7 Å². The van der Waals surface area contributed by atoms with E-state index in [0.29, 0.717) is 32.4 Å². The molecule has 0 saturated carbocycles. The van der Waals surface area contributed by atoms with Crippen LogP contribution in [0.4, 0.5) is 4.79 Å². The summed E-state index contributed by atoms with van der Waals surface area (Å²) >= 11 is 0. The third-order valence-corrected chi connectivity index (χ3v) is 8.93. The minimum atomic E-state index is -1.23. The van der Waals surface area contributed by atoms with Gasteiger partial charge in [-0.3, -0.25) is 19.3 Å². The van der Waals surface area contributed by atoms with E-state index >= 15 is 0 Å². The number of fused-ring (bicyclic) bond motifs is 1. The number of nitrogens with one attached hydrogen (secondary N) is 3. The first-order chi connectivity index (χ1) is 22.3. The molecule has 1 aliphatic heterocycles. The fourth-order valence-electron chi connectivity index (χ4n) is 6.37. The molecule has 242 valence electrons. The summed E-state index contributed by atoms with van der Waals surface area (Å²) in [4.78, 5) is 54.8. The number of piperazine rings is 1. The fraction of sp³-hybridized carbons (Fsp3) is 0.389. The van der Waals surface area contributed by atoms with Crippen molar-refractivity contribution in [2.45, 2.75) is 57.8 Å². The molecule has 4 amide bonds. The smallest absolute Gasteiger partial charge is 0.405 e. The predicted molar refractivity (Wildman–Crippen MR) is 175 cm³/mol. The van der Waals surface area contributed by atoms with E-state index in [1.165, 1.54) is 5.56 Å². The molecule has 10 heteroatoms. The second kappa shape index (κ2) is 15.5. The van der Waals surface area contributed by atoms with Crippen molar-refractivity contribution in [2.24, 2.45) is 5.92 Å². The Hall–Kier alpha value is -4.70. The molecule has 46 heavy (non-hydrogen) atoms. The molecule has 4 N–H and O–H groups in total. The van der Waals surface area contributed by atoms with Gasteiger partial charge in [0.2, 0.25) is 17.7 Å². The highest BCUT2D eigenvalue weighted by atomic mass is 16.4. The zero-order valence-electron chi connectivity index (χ0n) is 26.3. The Bertz CT molecular complexity index is 1480. The number of amides is 4. The molecule has 2 atom stereocenters. The highest BCUT2D eigenvalue weighted by Crippen LogP contribution is 2.29. The monoisotopic (exact) mass is 625 g/mol. The lowest BCUT2D eigenvalue weighted by atomic mass is 9.95. The van der Waals surface area contributed by atoms with Crippen LogP contribution in [0.1, 0.15) is 41.2 Å². The molecule has 0 radical (unpaired) electrons. The molecular weight excluding hydrogens is 582 g/mol. The summed E-state index contributed by atoms with van der Waals surface area (Å²) < 4.78 is 0. The predicted octanol–water partition coefficient (Wildman–Crippen LogP) is 3.14. The van der Waals surface area contributed by atoms with E-state index in [-0.39, 0.29) is 36.6 Å². The molecule has 1 fully saturated rings. The van der Waals surface area contributed by atoms with Crippen molar-refractivity contribution in [3.05, 3.63) is 107 Å². The second-order valence-electron chi connectivity index (χ2n) is 12.2. The minimum Gasteiger partial charge on any atom is -0.465 e. The van der Waals surface area contributed by atoms with Crippen molar-refractivity contribution in [1.29, 1.82) is 0 Å². The van der Waals surface area contributed by atoms with Gasteiger partial charge in [-0.05, 0) is 46.6 Å². The van der Waals surface area contributed by atoms with Crippen molar-refractivity contribution >= 4 is 23.8 Å². The molecule has 3 aromatic rings. The molecule has 1 aliphatic carbocycles. The van der Waals surface area contributed by atoms with Crippen molar-refractivity contribution < 1.29 is 24.3 Å². The van der Waals surface area contributed by atoms with E-state index in [1.54, 1.807) is 6.92 Å². The maximum absolute atomic E-state index is 13.6. The number of carbonyl (C=O) groups is 4. The van der Waals surface area contributed by atoms with E-state index in [1.807, 2.05) is 71.6 Å². The molecule has 0 spiro atoms. The summed E-state index contributed by atoms with van der Waals surface area (Å²) in [5.74, 6) is -0.768. The molecule has 2 unspecified atom stereocenters. The number of carbonyl (C=O) groups excluding carboxylic acids is 3. The minimum absolute atomic E-state index is 0.0801. The summed E-state index contributed by atoms with van der Waals surface area (Å²) in [6.45, 7) is 5.60. The van der Waals surface area contributed by atoms with Crippen LogP contribution in [0.15, 0.2) is 78.9 Å². The van der Waals surface area contributed by atoms with E-state index in [4.69, 9.17) is 0 Å². The Morgan fingerprint density at radius 1 is 0.783 bits per heavy atom. The number of hydrogen-bond acceptors (Lipinski definition) is 5. The van der Waals surface area contributed by atoms with Gasteiger partial charge in [0.1, 0.15) is 12.1 Å². The van der Waals surface area contributed by atoms with Crippen LogP contribution >= 0.6 is 0 Å². The quantitative estimate of drug-likeness (QED) is 0.245.